The average Bonchev–Trinajstić information content (AvgIpc) is 2.15. The van der Waals surface area contributed by atoms with Crippen LogP contribution >= 0.6 is 0 Å². The van der Waals surface area contributed by atoms with E-state index in [9.17, 15) is 23.7 Å². The Morgan fingerprint density at radius 2 is 2.12 bits per heavy atom. The Bertz CT molecular complexity index is 432. The number of benzene rings is 1. The third kappa shape index (κ3) is 2.82. The molecular weight excluding hydrogens is 220 g/mol. The molecule has 0 N–H and O–H groups in total. The van der Waals surface area contributed by atoms with Gasteiger partial charge in [-0.2, -0.15) is 0 Å². The van der Waals surface area contributed by atoms with Gasteiger partial charge in [0.1, 0.15) is 5.78 Å². The van der Waals surface area contributed by atoms with Crippen LogP contribution < -0.4 is 0 Å². The zero-order valence-electron chi connectivity index (χ0n) is 8.44. The van der Waals surface area contributed by atoms with Gasteiger partial charge in [-0.1, -0.05) is 0 Å². The van der Waals surface area contributed by atoms with E-state index in [-0.39, 0.29) is 29.0 Å². The summed E-state index contributed by atoms with van der Waals surface area (Å²) in [5.74, 6) is -0.311. The maximum atomic E-state index is 12.4. The summed E-state index contributed by atoms with van der Waals surface area (Å²) in [5.41, 5.74) is -0.600. The molecule has 0 aromatic heterocycles. The molecule has 0 aliphatic carbocycles. The second kappa shape index (κ2) is 4.78. The van der Waals surface area contributed by atoms with Gasteiger partial charge in [0, 0.05) is 23.6 Å². The van der Waals surface area contributed by atoms with Crippen molar-refractivity contribution in [2.75, 3.05) is 0 Å². The molecule has 1 rings (SSSR count). The van der Waals surface area contributed by atoms with E-state index in [1.54, 1.807) is 0 Å². The zero-order valence-corrected chi connectivity index (χ0v) is 8.44. The standard InChI is InChI=1S/C10H9F2NO3/c1-6(14)4-8-5-7(10(11)12)2-3-9(8)13(15)16/h2-3,5,10H,4H2,1H3. The number of alkyl halides is 2. The molecule has 6 heteroatoms. The molecule has 0 amide bonds. The lowest BCUT2D eigenvalue weighted by molar-refractivity contribution is -0.385. The summed E-state index contributed by atoms with van der Waals surface area (Å²) in [4.78, 5) is 20.8. The Kier molecular flexibility index (Phi) is 3.65. The van der Waals surface area contributed by atoms with Gasteiger partial charge in [-0.05, 0) is 19.1 Å². The van der Waals surface area contributed by atoms with E-state index in [4.69, 9.17) is 0 Å². The van der Waals surface area contributed by atoms with Crippen molar-refractivity contribution in [1.29, 1.82) is 0 Å². The summed E-state index contributed by atoms with van der Waals surface area (Å²) in [6, 6.07) is 3.00. The molecule has 0 heterocycles. The van der Waals surface area contributed by atoms with Gasteiger partial charge in [0.05, 0.1) is 4.92 Å². The first-order valence-electron chi connectivity index (χ1n) is 4.46. The third-order valence-electron chi connectivity index (χ3n) is 1.99. The minimum absolute atomic E-state index is 0.0234. The summed E-state index contributed by atoms with van der Waals surface area (Å²) < 4.78 is 24.7. The molecule has 0 unspecified atom stereocenters. The van der Waals surface area contributed by atoms with E-state index in [0.29, 0.717) is 0 Å². The van der Waals surface area contributed by atoms with Crippen molar-refractivity contribution in [1.82, 2.24) is 0 Å². The van der Waals surface area contributed by atoms with Crippen LogP contribution in [-0.2, 0) is 11.2 Å². The minimum atomic E-state index is -2.70. The van der Waals surface area contributed by atoms with Gasteiger partial charge in [0.15, 0.2) is 0 Å². The first-order valence-corrected chi connectivity index (χ1v) is 4.46. The number of carbonyl (C=O) groups is 1. The Labute approximate surface area is 90.0 Å². The lowest BCUT2D eigenvalue weighted by Gasteiger charge is -2.04. The predicted molar refractivity (Wildman–Crippen MR) is 52.4 cm³/mol. The van der Waals surface area contributed by atoms with Crippen molar-refractivity contribution < 1.29 is 18.5 Å². The Hall–Kier alpha value is -1.85. The van der Waals surface area contributed by atoms with Crippen molar-refractivity contribution in [3.8, 4) is 0 Å². The van der Waals surface area contributed by atoms with Gasteiger partial charge in [0.2, 0.25) is 0 Å². The molecule has 0 bridgehead atoms. The number of hydrogen-bond acceptors (Lipinski definition) is 3. The van der Waals surface area contributed by atoms with Crippen LogP contribution in [0.5, 0.6) is 0 Å². The Morgan fingerprint density at radius 3 is 2.56 bits per heavy atom. The number of hydrogen-bond donors (Lipinski definition) is 0. The summed E-state index contributed by atoms with van der Waals surface area (Å²) in [7, 11) is 0. The van der Waals surface area contributed by atoms with E-state index >= 15 is 0 Å². The molecule has 4 nitrogen and oxygen atoms in total. The highest BCUT2D eigenvalue weighted by atomic mass is 19.3. The Morgan fingerprint density at radius 1 is 1.50 bits per heavy atom. The topological polar surface area (TPSA) is 60.2 Å². The molecule has 1 aromatic carbocycles. The smallest absolute Gasteiger partial charge is 0.273 e. The normalized spacial score (nSPS) is 10.5. The van der Waals surface area contributed by atoms with E-state index in [1.165, 1.54) is 6.92 Å². The molecule has 0 aliphatic rings. The monoisotopic (exact) mass is 229 g/mol. The van der Waals surface area contributed by atoms with Gasteiger partial charge >= 0.3 is 0 Å². The number of halogens is 2. The molecule has 0 radical (unpaired) electrons. The number of ketones is 1. The summed E-state index contributed by atoms with van der Waals surface area (Å²) >= 11 is 0. The molecule has 86 valence electrons. The minimum Gasteiger partial charge on any atom is -0.300 e. The number of carbonyl (C=O) groups excluding carboxylic acids is 1. The molecule has 1 aromatic rings. The van der Waals surface area contributed by atoms with Gasteiger partial charge in [-0.15, -0.1) is 0 Å². The summed E-state index contributed by atoms with van der Waals surface area (Å²) in [5, 5.41) is 10.6. The van der Waals surface area contributed by atoms with Crippen LogP contribution in [0.3, 0.4) is 0 Å². The van der Waals surface area contributed by atoms with Gasteiger partial charge in [0.25, 0.3) is 12.1 Å². The molecule has 16 heavy (non-hydrogen) atoms. The Balaban J connectivity index is 3.20. The van der Waals surface area contributed by atoms with Crippen LogP contribution in [0.2, 0.25) is 0 Å². The zero-order chi connectivity index (χ0) is 12.3. The van der Waals surface area contributed by atoms with Crippen molar-refractivity contribution >= 4 is 11.5 Å². The van der Waals surface area contributed by atoms with Crippen LogP contribution in [0.15, 0.2) is 18.2 Å². The summed E-state index contributed by atoms with van der Waals surface area (Å²) in [6.07, 6.45) is -2.91. The van der Waals surface area contributed by atoms with Crippen molar-refractivity contribution in [3.05, 3.63) is 39.4 Å². The van der Waals surface area contributed by atoms with Crippen molar-refractivity contribution in [2.24, 2.45) is 0 Å². The number of nitrogens with zero attached hydrogens (tertiary/aromatic N) is 1. The maximum absolute atomic E-state index is 12.4. The van der Waals surface area contributed by atoms with Gasteiger partial charge < -0.3 is 0 Å². The quantitative estimate of drug-likeness (QED) is 0.589. The lowest BCUT2D eigenvalue weighted by Crippen LogP contribution is -2.02. The molecule has 0 aliphatic heterocycles. The van der Waals surface area contributed by atoms with E-state index in [0.717, 1.165) is 18.2 Å². The highest BCUT2D eigenvalue weighted by molar-refractivity contribution is 5.79. The lowest BCUT2D eigenvalue weighted by atomic mass is 10.0. The van der Waals surface area contributed by atoms with Crippen LogP contribution in [0.4, 0.5) is 14.5 Å². The second-order valence-electron chi connectivity index (χ2n) is 3.32. The number of nitro benzene ring substituents is 1. The predicted octanol–water partition coefficient (Wildman–Crippen LogP) is 2.66. The average molecular weight is 229 g/mol. The maximum Gasteiger partial charge on any atom is 0.273 e. The summed E-state index contributed by atoms with van der Waals surface area (Å²) in [6.45, 7) is 1.25. The molecule has 0 saturated heterocycles. The fourth-order valence-electron chi connectivity index (χ4n) is 1.33. The van der Waals surface area contributed by atoms with Crippen molar-refractivity contribution in [2.45, 2.75) is 19.8 Å². The second-order valence-corrected chi connectivity index (χ2v) is 3.32. The fourth-order valence-corrected chi connectivity index (χ4v) is 1.33. The van der Waals surface area contributed by atoms with Crippen LogP contribution in [0, 0.1) is 10.1 Å². The van der Waals surface area contributed by atoms with Crippen LogP contribution in [0.1, 0.15) is 24.5 Å². The first kappa shape index (κ1) is 12.2. The molecule has 0 spiro atoms. The fraction of sp³-hybridized carbons (Fsp3) is 0.300. The molecular formula is C10H9F2NO3. The van der Waals surface area contributed by atoms with E-state index < -0.39 is 11.3 Å². The molecule has 0 fully saturated rings. The molecule has 0 atom stereocenters. The highest BCUT2D eigenvalue weighted by Crippen LogP contribution is 2.26. The largest absolute Gasteiger partial charge is 0.300 e. The van der Waals surface area contributed by atoms with Gasteiger partial charge in [-0.25, -0.2) is 8.78 Å². The SMILES string of the molecule is CC(=O)Cc1cc(C(F)F)ccc1[N+](=O)[O-]. The first-order chi connectivity index (χ1) is 7.41. The van der Waals surface area contributed by atoms with Gasteiger partial charge in [-0.3, -0.25) is 14.9 Å². The number of nitro groups is 1. The number of Topliss-reactive ketones (excluding diaryl/α,β-unsaturated/α-hetero) is 1. The van der Waals surface area contributed by atoms with Crippen LogP contribution in [0.25, 0.3) is 0 Å². The highest BCUT2D eigenvalue weighted by Gasteiger charge is 2.18. The van der Waals surface area contributed by atoms with Crippen LogP contribution in [-0.4, -0.2) is 10.7 Å². The van der Waals surface area contributed by atoms with E-state index in [2.05, 4.69) is 0 Å². The molecule has 0 saturated carbocycles. The van der Waals surface area contributed by atoms with Crippen molar-refractivity contribution in [3.63, 3.8) is 0 Å². The van der Waals surface area contributed by atoms with E-state index in [1.807, 2.05) is 0 Å². The third-order valence-corrected chi connectivity index (χ3v) is 1.99. The number of rotatable bonds is 4.